The third-order valence-electron chi connectivity index (χ3n) is 3.88. The number of hydrogen-bond donors (Lipinski definition) is 1. The van der Waals surface area contributed by atoms with Crippen LogP contribution in [0, 0.1) is 5.82 Å². The molecule has 3 aromatic rings. The van der Waals surface area contributed by atoms with Crippen molar-refractivity contribution < 1.29 is 28.2 Å². The maximum absolute atomic E-state index is 13.5. The maximum Gasteiger partial charge on any atom is 0.330 e. The molecule has 0 bridgehead atoms. The van der Waals surface area contributed by atoms with Crippen molar-refractivity contribution in [2.45, 2.75) is 6.54 Å². The molecule has 0 spiro atoms. The first kappa shape index (κ1) is 20.7. The average Bonchev–Trinajstić information content (AvgIpc) is 3.21. The summed E-state index contributed by atoms with van der Waals surface area (Å²) in [4.78, 5) is 24.8. The quantitative estimate of drug-likeness (QED) is 0.552. The molecule has 0 saturated carbocycles. The summed E-state index contributed by atoms with van der Waals surface area (Å²) in [6.07, 6.45) is 0. The summed E-state index contributed by atoms with van der Waals surface area (Å²) >= 11 is 0. The van der Waals surface area contributed by atoms with Gasteiger partial charge in [0.2, 0.25) is 5.82 Å². The lowest BCUT2D eigenvalue weighted by molar-refractivity contribution is -0.148. The molecule has 1 heterocycles. The van der Waals surface area contributed by atoms with Crippen molar-refractivity contribution in [1.82, 2.24) is 20.2 Å². The van der Waals surface area contributed by atoms with Gasteiger partial charge >= 0.3 is 5.97 Å². The number of halogens is 1. The minimum Gasteiger partial charge on any atom is -0.493 e. The monoisotopic (exact) mass is 415 g/mol. The largest absolute Gasteiger partial charge is 0.493 e. The molecule has 0 atom stereocenters. The van der Waals surface area contributed by atoms with Crippen molar-refractivity contribution in [3.8, 4) is 22.9 Å². The number of rotatable bonds is 8. The molecule has 0 aliphatic rings. The molecule has 0 saturated heterocycles. The Kier molecular flexibility index (Phi) is 6.53. The summed E-state index contributed by atoms with van der Waals surface area (Å²) in [5.41, 5.74) is 0.604. The summed E-state index contributed by atoms with van der Waals surface area (Å²) in [6, 6.07) is 10.7. The number of carbonyl (C=O) groups excluding carboxylic acids is 2. The van der Waals surface area contributed by atoms with Crippen molar-refractivity contribution in [3.63, 3.8) is 0 Å². The third kappa shape index (κ3) is 5.07. The molecule has 0 radical (unpaired) electrons. The van der Waals surface area contributed by atoms with Crippen LogP contribution in [0.2, 0.25) is 0 Å². The molecular formula is C19H18FN5O5. The number of esters is 1. The van der Waals surface area contributed by atoms with Gasteiger partial charge in [-0.25, -0.2) is 9.18 Å². The predicted molar refractivity (Wildman–Crippen MR) is 102 cm³/mol. The first-order valence-corrected chi connectivity index (χ1v) is 8.70. The van der Waals surface area contributed by atoms with E-state index < -0.39 is 24.3 Å². The van der Waals surface area contributed by atoms with Crippen LogP contribution < -0.4 is 14.8 Å². The van der Waals surface area contributed by atoms with Crippen LogP contribution in [0.5, 0.6) is 11.5 Å². The molecule has 3 rings (SSSR count). The lowest BCUT2D eigenvalue weighted by Crippen LogP contribution is -2.24. The minimum atomic E-state index is -0.755. The van der Waals surface area contributed by atoms with Crippen LogP contribution in [-0.2, 0) is 20.9 Å². The molecule has 156 valence electrons. The highest BCUT2D eigenvalue weighted by molar-refractivity contribution is 5.92. The van der Waals surface area contributed by atoms with Gasteiger partial charge in [-0.2, -0.15) is 4.80 Å². The topological polar surface area (TPSA) is 117 Å². The molecule has 30 heavy (non-hydrogen) atoms. The van der Waals surface area contributed by atoms with Gasteiger partial charge in [0.25, 0.3) is 5.91 Å². The molecule has 0 aliphatic carbocycles. The molecule has 11 heteroatoms. The van der Waals surface area contributed by atoms with Gasteiger partial charge in [0.15, 0.2) is 24.7 Å². The van der Waals surface area contributed by atoms with E-state index in [4.69, 9.17) is 14.2 Å². The number of benzene rings is 2. The Morgan fingerprint density at radius 2 is 1.87 bits per heavy atom. The molecule has 0 unspecified atom stereocenters. The zero-order valence-electron chi connectivity index (χ0n) is 16.2. The van der Waals surface area contributed by atoms with Crippen LogP contribution in [0.15, 0.2) is 42.5 Å². The lowest BCUT2D eigenvalue weighted by Gasteiger charge is -2.07. The summed E-state index contributed by atoms with van der Waals surface area (Å²) in [5.74, 6) is -0.716. The molecule has 1 N–H and O–H groups in total. The second-order valence-electron chi connectivity index (χ2n) is 5.90. The zero-order chi connectivity index (χ0) is 21.5. The Bertz CT molecular complexity index is 1060. The maximum atomic E-state index is 13.5. The van der Waals surface area contributed by atoms with E-state index in [9.17, 15) is 14.0 Å². The van der Waals surface area contributed by atoms with E-state index in [1.165, 1.54) is 32.4 Å². The summed E-state index contributed by atoms with van der Waals surface area (Å²) < 4.78 is 28.8. The van der Waals surface area contributed by atoms with Gasteiger partial charge in [-0.3, -0.25) is 4.79 Å². The van der Waals surface area contributed by atoms with Gasteiger partial charge in [0, 0.05) is 5.56 Å². The van der Waals surface area contributed by atoms with Crippen LogP contribution in [-0.4, -0.2) is 52.9 Å². The standard InChI is InChI=1S/C19H18FN5O5/c1-28-15-8-7-12(9-16(15)29-2)19-22-24-25(23-19)10-18(27)30-11-17(26)21-14-6-4-3-5-13(14)20/h3-9H,10-11H2,1-2H3,(H,21,26). The number of carbonyl (C=O) groups is 2. The van der Waals surface area contributed by atoms with Crippen molar-refractivity contribution in [2.75, 3.05) is 26.1 Å². The number of anilines is 1. The Balaban J connectivity index is 1.55. The average molecular weight is 415 g/mol. The molecule has 10 nitrogen and oxygen atoms in total. The van der Waals surface area contributed by atoms with Gasteiger partial charge in [-0.1, -0.05) is 12.1 Å². The van der Waals surface area contributed by atoms with E-state index in [1.807, 2.05) is 0 Å². The van der Waals surface area contributed by atoms with Crippen LogP contribution in [0.1, 0.15) is 0 Å². The number of tetrazole rings is 1. The Morgan fingerprint density at radius 3 is 2.60 bits per heavy atom. The molecule has 1 aromatic heterocycles. The first-order valence-electron chi connectivity index (χ1n) is 8.70. The highest BCUT2D eigenvalue weighted by Gasteiger charge is 2.14. The number of nitrogens with zero attached hydrogens (tertiary/aromatic N) is 4. The summed E-state index contributed by atoms with van der Waals surface area (Å²) in [5, 5.41) is 14.1. The second-order valence-corrected chi connectivity index (χ2v) is 5.90. The first-order chi connectivity index (χ1) is 14.5. The highest BCUT2D eigenvalue weighted by atomic mass is 19.1. The van der Waals surface area contributed by atoms with Gasteiger partial charge < -0.3 is 19.5 Å². The second kappa shape index (κ2) is 9.45. The van der Waals surface area contributed by atoms with Crippen LogP contribution in [0.25, 0.3) is 11.4 Å². The number of amides is 1. The zero-order valence-corrected chi connectivity index (χ0v) is 16.2. The molecule has 0 aliphatic heterocycles. The minimum absolute atomic E-state index is 0.00365. The van der Waals surface area contributed by atoms with E-state index in [-0.39, 0.29) is 18.1 Å². The number of methoxy groups -OCH3 is 2. The highest BCUT2D eigenvalue weighted by Crippen LogP contribution is 2.30. The van der Waals surface area contributed by atoms with Crippen LogP contribution in [0.3, 0.4) is 0 Å². The molecule has 2 aromatic carbocycles. The van der Waals surface area contributed by atoms with E-state index >= 15 is 0 Å². The lowest BCUT2D eigenvalue weighted by atomic mass is 10.2. The fourth-order valence-electron chi connectivity index (χ4n) is 2.46. The number of para-hydroxylation sites is 1. The fourth-order valence-corrected chi connectivity index (χ4v) is 2.46. The van der Waals surface area contributed by atoms with E-state index in [0.717, 1.165) is 4.80 Å². The fraction of sp³-hybridized carbons (Fsp3) is 0.211. The molecule has 0 fully saturated rings. The van der Waals surface area contributed by atoms with Crippen molar-refractivity contribution in [3.05, 3.63) is 48.3 Å². The number of nitrogens with one attached hydrogen (secondary N) is 1. The van der Waals surface area contributed by atoms with Crippen LogP contribution >= 0.6 is 0 Å². The van der Waals surface area contributed by atoms with Gasteiger partial charge in [-0.05, 0) is 35.5 Å². The number of hydrogen-bond acceptors (Lipinski definition) is 8. The van der Waals surface area contributed by atoms with Gasteiger partial charge in [-0.15, -0.1) is 10.2 Å². The number of aromatic nitrogens is 4. The molecule has 1 amide bonds. The SMILES string of the molecule is COc1ccc(-c2nnn(CC(=O)OCC(=O)Nc3ccccc3F)n2)cc1OC. The summed E-state index contributed by atoms with van der Waals surface area (Å²) in [6.45, 7) is -0.933. The van der Waals surface area contributed by atoms with Gasteiger partial charge in [0.1, 0.15) is 5.82 Å². The summed E-state index contributed by atoms with van der Waals surface area (Å²) in [7, 11) is 3.03. The Hall–Kier alpha value is -4.02. The van der Waals surface area contributed by atoms with Gasteiger partial charge in [0.05, 0.1) is 19.9 Å². The van der Waals surface area contributed by atoms with Crippen molar-refractivity contribution in [2.24, 2.45) is 0 Å². The van der Waals surface area contributed by atoms with Crippen molar-refractivity contribution >= 4 is 17.6 Å². The number of ether oxygens (including phenoxy) is 3. The normalized spacial score (nSPS) is 10.4. The Morgan fingerprint density at radius 1 is 1.10 bits per heavy atom. The molecular weight excluding hydrogens is 397 g/mol. The van der Waals surface area contributed by atoms with E-state index in [0.29, 0.717) is 17.1 Å². The van der Waals surface area contributed by atoms with Crippen LogP contribution in [0.4, 0.5) is 10.1 Å². The third-order valence-corrected chi connectivity index (χ3v) is 3.88. The van der Waals surface area contributed by atoms with E-state index in [1.54, 1.807) is 24.3 Å². The smallest absolute Gasteiger partial charge is 0.330 e. The Labute approximate surface area is 170 Å². The predicted octanol–water partition coefficient (Wildman–Crippen LogP) is 1.68. The van der Waals surface area contributed by atoms with Crippen molar-refractivity contribution in [1.29, 1.82) is 0 Å². The van der Waals surface area contributed by atoms with E-state index in [2.05, 4.69) is 20.7 Å².